The van der Waals surface area contributed by atoms with E-state index < -0.39 is 0 Å². The Kier molecular flexibility index (Phi) is 8.76. The number of phenols is 2. The molecule has 0 aliphatic heterocycles. The Balaban J connectivity index is 3.00. The van der Waals surface area contributed by atoms with E-state index >= 15 is 0 Å². The van der Waals surface area contributed by atoms with Crippen LogP contribution in [0.3, 0.4) is 0 Å². The van der Waals surface area contributed by atoms with Crippen molar-refractivity contribution in [2.75, 3.05) is 0 Å². The topological polar surface area (TPSA) is 40.5 Å². The maximum absolute atomic E-state index is 11.8. The van der Waals surface area contributed by atoms with Crippen LogP contribution in [0.1, 0.15) is 155 Å². The first kappa shape index (κ1) is 30.3. The van der Waals surface area contributed by atoms with Gasteiger partial charge in [-0.15, -0.1) is 0 Å². The molecule has 1 unspecified atom stereocenters. The van der Waals surface area contributed by atoms with Crippen LogP contribution in [0.2, 0.25) is 0 Å². The zero-order valence-corrected chi connectivity index (χ0v) is 25.6. The van der Waals surface area contributed by atoms with Crippen LogP contribution in [0.5, 0.6) is 11.5 Å². The molecule has 0 fully saturated rings. The number of rotatable bonds is 9. The molecule has 2 N–H and O–H groups in total. The summed E-state index contributed by atoms with van der Waals surface area (Å²) >= 11 is 0. The van der Waals surface area contributed by atoms with Gasteiger partial charge in [-0.3, -0.25) is 0 Å². The van der Waals surface area contributed by atoms with Gasteiger partial charge in [0.15, 0.2) is 0 Å². The van der Waals surface area contributed by atoms with Crippen LogP contribution in [-0.4, -0.2) is 10.2 Å². The molecule has 2 nitrogen and oxygen atoms in total. The third-order valence-corrected chi connectivity index (χ3v) is 9.19. The largest absolute Gasteiger partial charge is 0.507 e. The molecular formula is C34H54O2. The molecule has 0 saturated heterocycles. The fraction of sp³-hybridized carbons (Fsp3) is 0.647. The lowest BCUT2D eigenvalue weighted by Gasteiger charge is -2.34. The predicted octanol–water partition coefficient (Wildman–Crippen LogP) is 10.00. The van der Waals surface area contributed by atoms with Gasteiger partial charge in [-0.2, -0.15) is 0 Å². The smallest absolute Gasteiger partial charge is 0.123 e. The monoisotopic (exact) mass is 494 g/mol. The van der Waals surface area contributed by atoms with E-state index in [1.165, 1.54) is 11.1 Å². The van der Waals surface area contributed by atoms with E-state index in [4.69, 9.17) is 0 Å². The maximum Gasteiger partial charge on any atom is 0.123 e. The van der Waals surface area contributed by atoms with E-state index in [0.717, 1.165) is 47.9 Å². The summed E-state index contributed by atoms with van der Waals surface area (Å²) in [5, 5.41) is 23.5. The van der Waals surface area contributed by atoms with Gasteiger partial charge in [0.1, 0.15) is 11.5 Å². The van der Waals surface area contributed by atoms with Crippen molar-refractivity contribution in [1.82, 2.24) is 0 Å². The van der Waals surface area contributed by atoms with Crippen LogP contribution in [0.15, 0.2) is 24.3 Å². The second-order valence-electron chi connectivity index (χ2n) is 13.8. The van der Waals surface area contributed by atoms with Crippen LogP contribution in [0.25, 0.3) is 0 Å². The van der Waals surface area contributed by atoms with Crippen molar-refractivity contribution in [3.8, 4) is 11.5 Å². The van der Waals surface area contributed by atoms with E-state index in [0.29, 0.717) is 11.5 Å². The minimum Gasteiger partial charge on any atom is -0.507 e. The average Bonchev–Trinajstić information content (AvgIpc) is 2.80. The molecule has 0 heterocycles. The van der Waals surface area contributed by atoms with Crippen molar-refractivity contribution >= 4 is 0 Å². The lowest BCUT2D eigenvalue weighted by Crippen LogP contribution is -2.22. The van der Waals surface area contributed by atoms with Gasteiger partial charge >= 0.3 is 0 Å². The van der Waals surface area contributed by atoms with Crippen molar-refractivity contribution in [2.24, 2.45) is 0 Å². The first-order valence-electron chi connectivity index (χ1n) is 14.1. The van der Waals surface area contributed by atoms with Gasteiger partial charge in [0.2, 0.25) is 0 Å². The molecule has 0 amide bonds. The molecule has 2 aromatic carbocycles. The molecule has 0 aliphatic rings. The minimum atomic E-state index is -0.194. The van der Waals surface area contributed by atoms with Crippen LogP contribution in [-0.2, 0) is 21.7 Å². The molecule has 0 aromatic heterocycles. The van der Waals surface area contributed by atoms with Gasteiger partial charge < -0.3 is 10.2 Å². The molecule has 2 aromatic rings. The normalized spacial score (nSPS) is 14.2. The highest BCUT2D eigenvalue weighted by Crippen LogP contribution is 2.48. The first-order chi connectivity index (χ1) is 16.4. The molecule has 0 aliphatic carbocycles. The van der Waals surface area contributed by atoms with Crippen molar-refractivity contribution in [3.05, 3.63) is 57.6 Å². The highest BCUT2D eigenvalue weighted by Gasteiger charge is 2.33. The van der Waals surface area contributed by atoms with Gasteiger partial charge in [0.05, 0.1) is 0 Å². The van der Waals surface area contributed by atoms with Crippen molar-refractivity contribution < 1.29 is 10.2 Å². The maximum atomic E-state index is 11.8. The Morgan fingerprint density at radius 3 is 1.25 bits per heavy atom. The Hall–Kier alpha value is -1.96. The van der Waals surface area contributed by atoms with Gasteiger partial charge in [-0.05, 0) is 64.0 Å². The molecule has 1 atom stereocenters. The van der Waals surface area contributed by atoms with Crippen LogP contribution >= 0.6 is 0 Å². The molecule has 2 rings (SSSR count). The Morgan fingerprint density at radius 2 is 0.917 bits per heavy atom. The molecule has 0 spiro atoms. The van der Waals surface area contributed by atoms with Crippen LogP contribution in [0, 0.1) is 0 Å². The van der Waals surface area contributed by atoms with Crippen LogP contribution in [0.4, 0.5) is 0 Å². The van der Waals surface area contributed by atoms with E-state index in [9.17, 15) is 10.2 Å². The van der Waals surface area contributed by atoms with E-state index in [1.54, 1.807) is 0 Å². The van der Waals surface area contributed by atoms with Gasteiger partial charge in [-0.25, -0.2) is 0 Å². The molecule has 0 saturated carbocycles. The summed E-state index contributed by atoms with van der Waals surface area (Å²) in [6.07, 6.45) is 3.76. The zero-order valence-electron chi connectivity index (χ0n) is 25.6. The molecule has 36 heavy (non-hydrogen) atoms. The third-order valence-electron chi connectivity index (χ3n) is 9.19. The van der Waals surface area contributed by atoms with Crippen molar-refractivity contribution in [2.45, 2.75) is 143 Å². The SMILES string of the molecule is CCC(c1cc(C(C)(C)CC)cc(C(C)(C)C)c1O)c1cc(C(C)(C)CC)cc(C(C)(C)CC)c1O. The number of hydrogen-bond donors (Lipinski definition) is 2. The van der Waals surface area contributed by atoms with Crippen LogP contribution < -0.4 is 0 Å². The Labute approximate surface area is 222 Å². The summed E-state index contributed by atoms with van der Waals surface area (Å²) in [5.74, 6) is 0.666. The zero-order chi connectivity index (χ0) is 27.9. The Bertz CT molecular complexity index is 1060. The summed E-state index contributed by atoms with van der Waals surface area (Å²) in [4.78, 5) is 0. The van der Waals surface area contributed by atoms with Gasteiger partial charge in [-0.1, -0.05) is 114 Å². The second kappa shape index (κ2) is 10.4. The highest BCUT2D eigenvalue weighted by molar-refractivity contribution is 5.57. The molecule has 202 valence electrons. The Morgan fingerprint density at radius 1 is 0.556 bits per heavy atom. The molecule has 2 heteroatoms. The number of benzene rings is 2. The molecule has 0 radical (unpaired) electrons. The molecular weight excluding hydrogens is 440 g/mol. The van der Waals surface area contributed by atoms with Crippen molar-refractivity contribution in [3.63, 3.8) is 0 Å². The summed E-state index contributed by atoms with van der Waals surface area (Å²) in [6, 6.07) is 8.87. The van der Waals surface area contributed by atoms with E-state index in [2.05, 4.69) is 114 Å². The summed E-state index contributed by atoms with van der Waals surface area (Å²) in [6.45, 7) is 28.9. The fourth-order valence-electron chi connectivity index (χ4n) is 4.92. The van der Waals surface area contributed by atoms with Gasteiger partial charge in [0, 0.05) is 22.6 Å². The average molecular weight is 495 g/mol. The van der Waals surface area contributed by atoms with Gasteiger partial charge in [0.25, 0.3) is 0 Å². The predicted molar refractivity (Wildman–Crippen MR) is 157 cm³/mol. The lowest BCUT2D eigenvalue weighted by molar-refractivity contribution is 0.412. The summed E-state index contributed by atoms with van der Waals surface area (Å²) < 4.78 is 0. The number of phenolic OH excluding ortho intramolecular Hbond substituents is 2. The standard InChI is InChI=1S/C34H54O2/c1-14-24(25-18-22(32(8,9)15-2)20-27(29(25)35)31(5,6)7)26-19-23(33(10,11)16-3)21-28(30(26)36)34(12,13)17-4/h18-21,24,35-36H,14-17H2,1-13H3. The lowest BCUT2D eigenvalue weighted by atomic mass is 9.71. The fourth-order valence-corrected chi connectivity index (χ4v) is 4.92. The third kappa shape index (κ3) is 5.79. The quantitative estimate of drug-likeness (QED) is 0.364. The van der Waals surface area contributed by atoms with E-state index in [-0.39, 0.29) is 27.6 Å². The summed E-state index contributed by atoms with van der Waals surface area (Å²) in [7, 11) is 0. The highest BCUT2D eigenvalue weighted by atomic mass is 16.3. The minimum absolute atomic E-state index is 0.00972. The number of aromatic hydroxyl groups is 2. The summed E-state index contributed by atoms with van der Waals surface area (Å²) in [5.41, 5.74) is 6.01. The first-order valence-corrected chi connectivity index (χ1v) is 14.1. The molecule has 0 bridgehead atoms. The van der Waals surface area contributed by atoms with Crippen molar-refractivity contribution in [1.29, 1.82) is 0 Å². The van der Waals surface area contributed by atoms with E-state index in [1.807, 2.05) is 0 Å². The number of hydrogen-bond acceptors (Lipinski definition) is 2. The second-order valence-corrected chi connectivity index (χ2v) is 13.8.